The third kappa shape index (κ3) is 2.64. The van der Waals surface area contributed by atoms with Gasteiger partial charge in [-0.1, -0.05) is 52.3 Å². The predicted octanol–water partition coefficient (Wildman–Crippen LogP) is 4.34. The Labute approximate surface area is 104 Å². The maximum Gasteiger partial charge on any atom is 0.123 e. The average Bonchev–Trinajstić information content (AvgIpc) is 2.32. The van der Waals surface area contributed by atoms with E-state index in [4.69, 9.17) is 4.74 Å². The molecule has 0 aliphatic carbocycles. The molecule has 1 nitrogen and oxygen atoms in total. The van der Waals surface area contributed by atoms with Crippen LogP contribution >= 0.6 is 15.9 Å². The second kappa shape index (κ2) is 5.17. The lowest BCUT2D eigenvalue weighted by Gasteiger charge is -2.10. The van der Waals surface area contributed by atoms with Crippen LogP contribution in [0.15, 0.2) is 53.0 Å². The molecule has 0 fully saturated rings. The van der Waals surface area contributed by atoms with Gasteiger partial charge in [0.25, 0.3) is 0 Å². The number of ether oxygens (including phenoxy) is 1. The van der Waals surface area contributed by atoms with Crippen LogP contribution in [0.5, 0.6) is 5.75 Å². The van der Waals surface area contributed by atoms with E-state index in [-0.39, 0.29) is 0 Å². The van der Waals surface area contributed by atoms with Gasteiger partial charge in [-0.05, 0) is 24.6 Å². The van der Waals surface area contributed by atoms with E-state index in [0.29, 0.717) is 6.61 Å². The van der Waals surface area contributed by atoms with Crippen molar-refractivity contribution in [3.8, 4) is 5.75 Å². The van der Waals surface area contributed by atoms with Crippen molar-refractivity contribution in [3.05, 3.63) is 64.1 Å². The normalized spacial score (nSPS) is 10.1. The fourth-order valence-electron chi connectivity index (χ4n) is 1.48. The lowest BCUT2D eigenvalue weighted by Crippen LogP contribution is -1.96. The molecule has 2 heteroatoms. The van der Waals surface area contributed by atoms with Crippen molar-refractivity contribution < 1.29 is 4.74 Å². The van der Waals surface area contributed by atoms with Crippen LogP contribution in [0.2, 0.25) is 0 Å². The van der Waals surface area contributed by atoms with Crippen LogP contribution in [0.25, 0.3) is 0 Å². The van der Waals surface area contributed by atoms with Crippen molar-refractivity contribution >= 4 is 15.9 Å². The lowest BCUT2D eigenvalue weighted by molar-refractivity contribution is 0.304. The molecule has 0 spiro atoms. The molecule has 0 radical (unpaired) electrons. The monoisotopic (exact) mass is 276 g/mol. The van der Waals surface area contributed by atoms with E-state index in [2.05, 4.69) is 28.1 Å². The first-order valence-electron chi connectivity index (χ1n) is 5.19. The molecule has 0 atom stereocenters. The summed E-state index contributed by atoms with van der Waals surface area (Å²) < 4.78 is 6.86. The molecule has 0 saturated carbocycles. The summed E-state index contributed by atoms with van der Waals surface area (Å²) in [4.78, 5) is 0. The molecular weight excluding hydrogens is 264 g/mol. The molecule has 0 N–H and O–H groups in total. The molecule has 0 aliphatic heterocycles. The molecular formula is C14H13BrO. The van der Waals surface area contributed by atoms with Crippen LogP contribution < -0.4 is 4.74 Å². The predicted molar refractivity (Wildman–Crippen MR) is 69.7 cm³/mol. The highest BCUT2D eigenvalue weighted by atomic mass is 79.9. The first-order chi connectivity index (χ1) is 7.77. The van der Waals surface area contributed by atoms with Crippen molar-refractivity contribution in [1.82, 2.24) is 0 Å². The Bertz CT molecular complexity index is 465. The molecule has 0 heterocycles. The number of halogens is 1. The smallest absolute Gasteiger partial charge is 0.123 e. The summed E-state index contributed by atoms with van der Waals surface area (Å²) >= 11 is 3.49. The third-order valence-electron chi connectivity index (χ3n) is 2.46. The minimum absolute atomic E-state index is 0.609. The summed E-state index contributed by atoms with van der Waals surface area (Å²) in [7, 11) is 0. The Morgan fingerprint density at radius 2 is 1.75 bits per heavy atom. The van der Waals surface area contributed by atoms with E-state index in [0.717, 1.165) is 15.8 Å². The van der Waals surface area contributed by atoms with E-state index >= 15 is 0 Å². The maximum absolute atomic E-state index is 5.77. The van der Waals surface area contributed by atoms with Crippen molar-refractivity contribution in [2.24, 2.45) is 0 Å². The topological polar surface area (TPSA) is 9.23 Å². The van der Waals surface area contributed by atoms with Crippen molar-refractivity contribution in [2.75, 3.05) is 0 Å². The van der Waals surface area contributed by atoms with Crippen LogP contribution in [-0.4, -0.2) is 0 Å². The van der Waals surface area contributed by atoms with Crippen LogP contribution in [0.1, 0.15) is 11.1 Å². The van der Waals surface area contributed by atoms with E-state index in [9.17, 15) is 0 Å². The Balaban J connectivity index is 2.08. The Morgan fingerprint density at radius 3 is 2.50 bits per heavy atom. The van der Waals surface area contributed by atoms with Crippen LogP contribution in [0, 0.1) is 6.92 Å². The zero-order valence-electron chi connectivity index (χ0n) is 9.11. The maximum atomic E-state index is 5.77. The third-order valence-corrected chi connectivity index (χ3v) is 3.31. The van der Waals surface area contributed by atoms with Gasteiger partial charge in [-0.3, -0.25) is 0 Å². The molecule has 0 amide bonds. The summed E-state index contributed by atoms with van der Waals surface area (Å²) in [5.74, 6) is 0.929. The van der Waals surface area contributed by atoms with E-state index in [1.165, 1.54) is 5.56 Å². The van der Waals surface area contributed by atoms with E-state index in [1.54, 1.807) is 0 Å². The van der Waals surface area contributed by atoms with Crippen LogP contribution in [0.4, 0.5) is 0 Å². The summed E-state index contributed by atoms with van der Waals surface area (Å²) in [6.45, 7) is 2.66. The minimum atomic E-state index is 0.609. The minimum Gasteiger partial charge on any atom is -0.489 e. The Kier molecular flexibility index (Phi) is 3.62. The molecule has 0 bridgehead atoms. The molecule has 0 aromatic heterocycles. The zero-order chi connectivity index (χ0) is 11.4. The highest BCUT2D eigenvalue weighted by Crippen LogP contribution is 2.26. The molecule has 82 valence electrons. The molecule has 0 saturated heterocycles. The number of hydrogen-bond donors (Lipinski definition) is 0. The first-order valence-corrected chi connectivity index (χ1v) is 5.98. The van der Waals surface area contributed by atoms with Crippen LogP contribution in [-0.2, 0) is 6.61 Å². The highest BCUT2D eigenvalue weighted by Gasteiger charge is 2.02. The number of benzene rings is 2. The number of hydrogen-bond acceptors (Lipinski definition) is 1. The molecule has 0 unspecified atom stereocenters. The van der Waals surface area contributed by atoms with E-state index in [1.807, 2.05) is 43.3 Å². The van der Waals surface area contributed by atoms with Gasteiger partial charge >= 0.3 is 0 Å². The fourth-order valence-corrected chi connectivity index (χ4v) is 1.83. The van der Waals surface area contributed by atoms with Gasteiger partial charge in [-0.25, -0.2) is 0 Å². The Morgan fingerprint density at radius 1 is 1.00 bits per heavy atom. The number of rotatable bonds is 3. The van der Waals surface area contributed by atoms with Gasteiger partial charge in [0.2, 0.25) is 0 Å². The molecule has 16 heavy (non-hydrogen) atoms. The highest BCUT2D eigenvalue weighted by molar-refractivity contribution is 9.10. The SMILES string of the molecule is Cc1c(Br)cccc1OCc1ccccc1. The van der Waals surface area contributed by atoms with Crippen molar-refractivity contribution in [2.45, 2.75) is 13.5 Å². The van der Waals surface area contributed by atoms with E-state index < -0.39 is 0 Å². The summed E-state index contributed by atoms with van der Waals surface area (Å²) in [6.07, 6.45) is 0. The van der Waals surface area contributed by atoms with Gasteiger partial charge in [0.05, 0.1) is 0 Å². The zero-order valence-corrected chi connectivity index (χ0v) is 10.7. The second-order valence-corrected chi connectivity index (χ2v) is 4.49. The van der Waals surface area contributed by atoms with Gasteiger partial charge in [0, 0.05) is 10.0 Å². The van der Waals surface area contributed by atoms with Gasteiger partial charge in [0.1, 0.15) is 12.4 Å². The van der Waals surface area contributed by atoms with Gasteiger partial charge in [0.15, 0.2) is 0 Å². The Hall–Kier alpha value is -1.28. The largest absolute Gasteiger partial charge is 0.489 e. The van der Waals surface area contributed by atoms with Gasteiger partial charge in [-0.15, -0.1) is 0 Å². The second-order valence-electron chi connectivity index (χ2n) is 3.64. The van der Waals surface area contributed by atoms with Crippen molar-refractivity contribution in [1.29, 1.82) is 0 Å². The average molecular weight is 277 g/mol. The van der Waals surface area contributed by atoms with Gasteiger partial charge < -0.3 is 4.74 Å². The fraction of sp³-hybridized carbons (Fsp3) is 0.143. The lowest BCUT2D eigenvalue weighted by atomic mass is 10.2. The van der Waals surface area contributed by atoms with Crippen LogP contribution in [0.3, 0.4) is 0 Å². The van der Waals surface area contributed by atoms with Crippen molar-refractivity contribution in [3.63, 3.8) is 0 Å². The molecule has 2 aromatic carbocycles. The quantitative estimate of drug-likeness (QED) is 0.811. The summed E-state index contributed by atoms with van der Waals surface area (Å²) in [5, 5.41) is 0. The standard InChI is InChI=1S/C14H13BrO/c1-11-13(15)8-5-9-14(11)16-10-12-6-3-2-4-7-12/h2-9H,10H2,1H3. The summed E-state index contributed by atoms with van der Waals surface area (Å²) in [6, 6.07) is 16.2. The molecule has 2 aromatic rings. The van der Waals surface area contributed by atoms with Gasteiger partial charge in [-0.2, -0.15) is 0 Å². The molecule has 2 rings (SSSR count). The first kappa shape index (κ1) is 11.2. The molecule has 0 aliphatic rings. The summed E-state index contributed by atoms with van der Waals surface area (Å²) in [5.41, 5.74) is 2.32.